The van der Waals surface area contributed by atoms with Crippen LogP contribution < -0.4 is 4.74 Å². The summed E-state index contributed by atoms with van der Waals surface area (Å²) in [4.78, 5) is 0. The van der Waals surface area contributed by atoms with E-state index >= 15 is 0 Å². The molecule has 0 saturated carbocycles. The molecule has 0 radical (unpaired) electrons. The van der Waals surface area contributed by atoms with Gasteiger partial charge in [-0.2, -0.15) is 0 Å². The molecule has 66 valence electrons. The second kappa shape index (κ2) is 4.25. The fourth-order valence-electron chi connectivity index (χ4n) is 0.849. The van der Waals surface area contributed by atoms with Crippen LogP contribution in [0.1, 0.15) is 5.56 Å². The maximum atomic E-state index is 8.93. The topological polar surface area (TPSA) is 29.5 Å². The van der Waals surface area contributed by atoms with Gasteiger partial charge in [0.15, 0.2) is 0 Å². The average Bonchev–Trinajstić information content (AvgIpc) is 2.05. The summed E-state index contributed by atoms with van der Waals surface area (Å²) in [5.74, 6) is 0.724. The molecule has 0 bridgehead atoms. The summed E-state index contributed by atoms with van der Waals surface area (Å²) >= 11 is 6.66. The zero-order valence-electron chi connectivity index (χ0n) is 6.47. The lowest BCUT2D eigenvalue weighted by Crippen LogP contribution is -1.90. The number of hydrogen-bond acceptors (Lipinski definition) is 2. The predicted molar refractivity (Wildman–Crippen MR) is 54.3 cm³/mol. The van der Waals surface area contributed by atoms with E-state index in [1.54, 1.807) is 13.2 Å². The van der Waals surface area contributed by atoms with E-state index in [9.17, 15) is 0 Å². The highest BCUT2D eigenvalue weighted by molar-refractivity contribution is 9.11. The van der Waals surface area contributed by atoms with Crippen LogP contribution in [0.3, 0.4) is 0 Å². The minimum absolute atomic E-state index is 0.00419. The molecule has 1 rings (SSSR count). The van der Waals surface area contributed by atoms with Gasteiger partial charge in [-0.3, -0.25) is 0 Å². The fourth-order valence-corrected chi connectivity index (χ4v) is 2.13. The molecule has 12 heavy (non-hydrogen) atoms. The van der Waals surface area contributed by atoms with Crippen molar-refractivity contribution in [2.24, 2.45) is 0 Å². The van der Waals surface area contributed by atoms with Gasteiger partial charge in [-0.15, -0.1) is 0 Å². The van der Waals surface area contributed by atoms with E-state index < -0.39 is 0 Å². The molecule has 0 saturated heterocycles. The number of ether oxygens (including phenoxy) is 1. The molecular weight excluding hydrogens is 288 g/mol. The molecule has 1 aromatic rings. The quantitative estimate of drug-likeness (QED) is 0.909. The molecule has 0 spiro atoms. The summed E-state index contributed by atoms with van der Waals surface area (Å²) in [7, 11) is 1.59. The highest BCUT2D eigenvalue weighted by Gasteiger charge is 2.05. The summed E-state index contributed by atoms with van der Waals surface area (Å²) in [6.45, 7) is 0.00419. The Morgan fingerprint density at radius 3 is 2.50 bits per heavy atom. The van der Waals surface area contributed by atoms with Crippen LogP contribution in [0.25, 0.3) is 0 Å². The third-order valence-corrected chi connectivity index (χ3v) is 2.85. The Bertz CT molecular complexity index is 261. The fraction of sp³-hybridized carbons (Fsp3) is 0.250. The second-order valence-electron chi connectivity index (χ2n) is 2.24. The van der Waals surface area contributed by atoms with Crippen molar-refractivity contribution in [1.29, 1.82) is 0 Å². The minimum atomic E-state index is 0.00419. The van der Waals surface area contributed by atoms with E-state index in [1.807, 2.05) is 6.07 Å². The number of halogens is 2. The largest absolute Gasteiger partial charge is 0.496 e. The van der Waals surface area contributed by atoms with Crippen molar-refractivity contribution >= 4 is 31.9 Å². The molecule has 0 aliphatic carbocycles. The van der Waals surface area contributed by atoms with Crippen molar-refractivity contribution in [2.45, 2.75) is 6.61 Å². The van der Waals surface area contributed by atoms with E-state index in [0.717, 1.165) is 20.3 Å². The van der Waals surface area contributed by atoms with Gasteiger partial charge in [-0.05, 0) is 33.6 Å². The van der Waals surface area contributed by atoms with Crippen LogP contribution >= 0.6 is 31.9 Å². The third-order valence-electron chi connectivity index (χ3n) is 1.49. The van der Waals surface area contributed by atoms with Crippen LogP contribution in [0.15, 0.2) is 21.1 Å². The van der Waals surface area contributed by atoms with Gasteiger partial charge in [0, 0.05) is 4.47 Å². The number of methoxy groups -OCH3 is 1. The third kappa shape index (κ3) is 2.00. The Morgan fingerprint density at radius 2 is 2.00 bits per heavy atom. The Balaban J connectivity index is 3.18. The molecule has 0 unspecified atom stereocenters. The van der Waals surface area contributed by atoms with Gasteiger partial charge in [0.1, 0.15) is 5.75 Å². The van der Waals surface area contributed by atoms with Crippen molar-refractivity contribution in [3.05, 3.63) is 26.6 Å². The van der Waals surface area contributed by atoms with Crippen LogP contribution in [0.4, 0.5) is 0 Å². The predicted octanol–water partition coefficient (Wildman–Crippen LogP) is 2.71. The van der Waals surface area contributed by atoms with Crippen molar-refractivity contribution in [3.8, 4) is 5.75 Å². The highest BCUT2D eigenvalue weighted by Crippen LogP contribution is 2.31. The Morgan fingerprint density at radius 1 is 1.33 bits per heavy atom. The number of aliphatic hydroxyl groups is 1. The molecule has 4 heteroatoms. The van der Waals surface area contributed by atoms with Crippen molar-refractivity contribution < 1.29 is 9.84 Å². The molecule has 0 aliphatic rings. The monoisotopic (exact) mass is 294 g/mol. The molecule has 0 aliphatic heterocycles. The van der Waals surface area contributed by atoms with Crippen LogP contribution in [-0.2, 0) is 6.61 Å². The van der Waals surface area contributed by atoms with Crippen LogP contribution in [0, 0.1) is 0 Å². The molecule has 1 N–H and O–H groups in total. The van der Waals surface area contributed by atoms with Gasteiger partial charge < -0.3 is 9.84 Å². The first kappa shape index (κ1) is 10.0. The standard InChI is InChI=1S/C8H8Br2O2/c1-12-8-2-5(4-11)6(9)3-7(8)10/h2-3,11H,4H2,1H3. The summed E-state index contributed by atoms with van der Waals surface area (Å²) < 4.78 is 6.81. The number of rotatable bonds is 2. The van der Waals surface area contributed by atoms with E-state index in [-0.39, 0.29) is 6.61 Å². The lowest BCUT2D eigenvalue weighted by atomic mass is 10.2. The number of hydrogen-bond donors (Lipinski definition) is 1. The Kier molecular flexibility index (Phi) is 3.55. The molecule has 0 amide bonds. The van der Waals surface area contributed by atoms with E-state index in [0.29, 0.717) is 0 Å². The maximum Gasteiger partial charge on any atom is 0.133 e. The molecule has 0 fully saturated rings. The van der Waals surface area contributed by atoms with Gasteiger partial charge in [-0.25, -0.2) is 0 Å². The zero-order valence-corrected chi connectivity index (χ0v) is 9.65. The SMILES string of the molecule is COc1cc(CO)c(Br)cc1Br. The zero-order chi connectivity index (χ0) is 9.14. The smallest absolute Gasteiger partial charge is 0.133 e. The highest BCUT2D eigenvalue weighted by atomic mass is 79.9. The lowest BCUT2D eigenvalue weighted by molar-refractivity contribution is 0.280. The molecule has 1 aromatic carbocycles. The molecule has 2 nitrogen and oxygen atoms in total. The van der Waals surface area contributed by atoms with E-state index in [2.05, 4.69) is 31.9 Å². The summed E-state index contributed by atoms with van der Waals surface area (Å²) in [6.07, 6.45) is 0. The van der Waals surface area contributed by atoms with Gasteiger partial charge in [0.05, 0.1) is 18.2 Å². The van der Waals surface area contributed by atoms with Crippen LogP contribution in [0.2, 0.25) is 0 Å². The normalized spacial score (nSPS) is 10.0. The summed E-state index contributed by atoms with van der Waals surface area (Å²) in [6, 6.07) is 3.64. The van der Waals surface area contributed by atoms with Gasteiger partial charge >= 0.3 is 0 Å². The minimum Gasteiger partial charge on any atom is -0.496 e. The first-order valence-electron chi connectivity index (χ1n) is 3.31. The van der Waals surface area contributed by atoms with Crippen molar-refractivity contribution in [1.82, 2.24) is 0 Å². The van der Waals surface area contributed by atoms with Crippen LogP contribution in [-0.4, -0.2) is 12.2 Å². The van der Waals surface area contributed by atoms with Gasteiger partial charge in [0.2, 0.25) is 0 Å². The Hall–Kier alpha value is -0.0600. The van der Waals surface area contributed by atoms with Crippen molar-refractivity contribution in [3.63, 3.8) is 0 Å². The Labute approximate surface area is 87.8 Å². The average molecular weight is 296 g/mol. The molecule has 0 heterocycles. The molecular formula is C8H8Br2O2. The maximum absolute atomic E-state index is 8.93. The van der Waals surface area contributed by atoms with Gasteiger partial charge in [-0.1, -0.05) is 15.9 Å². The summed E-state index contributed by atoms with van der Waals surface area (Å²) in [5.41, 5.74) is 0.815. The van der Waals surface area contributed by atoms with E-state index in [1.165, 1.54) is 0 Å². The lowest BCUT2D eigenvalue weighted by Gasteiger charge is -2.06. The van der Waals surface area contributed by atoms with Gasteiger partial charge in [0.25, 0.3) is 0 Å². The summed E-state index contributed by atoms with van der Waals surface area (Å²) in [5, 5.41) is 8.93. The number of benzene rings is 1. The molecule has 0 aromatic heterocycles. The van der Waals surface area contributed by atoms with E-state index in [4.69, 9.17) is 9.84 Å². The number of aliphatic hydroxyl groups excluding tert-OH is 1. The van der Waals surface area contributed by atoms with Crippen molar-refractivity contribution in [2.75, 3.05) is 7.11 Å². The molecule has 0 atom stereocenters. The second-order valence-corrected chi connectivity index (χ2v) is 3.94. The van der Waals surface area contributed by atoms with Crippen LogP contribution in [0.5, 0.6) is 5.75 Å². The first-order valence-corrected chi connectivity index (χ1v) is 4.90. The first-order chi connectivity index (χ1) is 5.69.